The molecule has 0 aromatic rings. The summed E-state index contributed by atoms with van der Waals surface area (Å²) >= 11 is 0. The largest absolute Gasteiger partial charge is 0.462 e. The smallest absolute Gasteiger partial charge is 0.306 e. The highest BCUT2D eigenvalue weighted by Crippen LogP contribution is 2.15. The zero-order chi connectivity index (χ0) is 37.8. The molecule has 0 bridgehead atoms. The average Bonchev–Trinajstić information content (AvgIpc) is 3.15. The summed E-state index contributed by atoms with van der Waals surface area (Å²) in [5.74, 6) is -0.687. The van der Waals surface area contributed by atoms with Gasteiger partial charge in [-0.25, -0.2) is 0 Å². The molecule has 0 saturated carbocycles. The fraction of sp³-hybridized carbons (Fsp3) is 0.702. The monoisotopic (exact) mass is 725 g/mol. The maximum Gasteiger partial charge on any atom is 0.306 e. The van der Waals surface area contributed by atoms with Crippen LogP contribution in [0, 0.1) is 0 Å². The Morgan fingerprint density at radius 3 is 1.21 bits per heavy atom. The molecule has 5 heteroatoms. The zero-order valence-electron chi connectivity index (χ0n) is 33.8. The van der Waals surface area contributed by atoms with Crippen molar-refractivity contribution in [2.75, 3.05) is 13.2 Å². The van der Waals surface area contributed by atoms with E-state index in [1.807, 2.05) is 12.2 Å². The third kappa shape index (κ3) is 40.1. The van der Waals surface area contributed by atoms with Crippen molar-refractivity contribution in [3.63, 3.8) is 0 Å². The first-order chi connectivity index (χ1) is 25.6. The maximum atomic E-state index is 12.2. The summed E-state index contributed by atoms with van der Waals surface area (Å²) < 4.78 is 10.6. The van der Waals surface area contributed by atoms with Gasteiger partial charge in [-0.3, -0.25) is 9.59 Å². The van der Waals surface area contributed by atoms with Crippen molar-refractivity contribution in [3.8, 4) is 0 Å². The number of allylic oxidation sites excluding steroid dienone is 12. The lowest BCUT2D eigenvalue weighted by Crippen LogP contribution is -2.28. The molecule has 1 atom stereocenters. The summed E-state index contributed by atoms with van der Waals surface area (Å²) in [4.78, 5) is 24.3. The van der Waals surface area contributed by atoms with E-state index in [1.165, 1.54) is 103 Å². The Bertz CT molecular complexity index is 957. The van der Waals surface area contributed by atoms with E-state index in [0.29, 0.717) is 12.8 Å². The molecule has 0 aliphatic carbocycles. The number of rotatable bonds is 38. The second-order valence-corrected chi connectivity index (χ2v) is 14.0. The lowest BCUT2D eigenvalue weighted by atomic mass is 10.0. The van der Waals surface area contributed by atoms with Crippen LogP contribution in [0.1, 0.15) is 194 Å². The van der Waals surface area contributed by atoms with Gasteiger partial charge >= 0.3 is 11.9 Å². The number of aliphatic hydroxyl groups excluding tert-OH is 1. The molecule has 52 heavy (non-hydrogen) atoms. The van der Waals surface area contributed by atoms with Gasteiger partial charge < -0.3 is 14.6 Å². The SMILES string of the molecule is CCC=CCC=CCC=CCC=CCC=CCC=CCCC(=O)OC(CO)COC(=O)CCCCCCCCCCCCCCCCCCCCC. The van der Waals surface area contributed by atoms with Gasteiger partial charge in [-0.15, -0.1) is 0 Å². The highest BCUT2D eigenvalue weighted by Gasteiger charge is 2.15. The van der Waals surface area contributed by atoms with E-state index in [0.717, 1.165) is 57.8 Å². The third-order valence-corrected chi connectivity index (χ3v) is 9.03. The van der Waals surface area contributed by atoms with Crippen LogP contribution in [0.5, 0.6) is 0 Å². The number of unbranched alkanes of at least 4 members (excludes halogenated alkanes) is 18. The summed E-state index contributed by atoms with van der Waals surface area (Å²) in [6.45, 7) is 3.97. The average molecular weight is 725 g/mol. The standard InChI is InChI=1S/C47H80O5/c1-3-5-7-9-11-13-15-17-19-21-23-25-27-29-31-33-35-37-39-41-46(49)51-44-45(43-48)52-47(50)42-40-38-36-34-32-30-28-26-24-22-20-18-16-14-12-10-8-6-4-2/h6,8,12,14,18,20,24,26,30,32,36,38,45,48H,3-5,7,9-11,13,15-17,19,21-23,25,27-29,31,33-35,37,39-44H2,1-2H3. The Hall–Kier alpha value is -2.66. The van der Waals surface area contributed by atoms with Gasteiger partial charge in [0.2, 0.25) is 0 Å². The molecule has 0 amide bonds. The van der Waals surface area contributed by atoms with E-state index in [-0.39, 0.29) is 25.6 Å². The molecule has 0 spiro atoms. The molecule has 0 aliphatic heterocycles. The van der Waals surface area contributed by atoms with E-state index in [2.05, 4.69) is 74.6 Å². The molecular weight excluding hydrogens is 645 g/mol. The van der Waals surface area contributed by atoms with Crippen molar-refractivity contribution < 1.29 is 24.2 Å². The number of esters is 2. The topological polar surface area (TPSA) is 72.8 Å². The van der Waals surface area contributed by atoms with E-state index in [9.17, 15) is 14.7 Å². The van der Waals surface area contributed by atoms with E-state index in [4.69, 9.17) is 9.47 Å². The second kappa shape index (κ2) is 42.8. The Balaban J connectivity index is 3.65. The molecular formula is C47H80O5. The molecule has 298 valence electrons. The minimum absolute atomic E-state index is 0.0971. The van der Waals surface area contributed by atoms with Gasteiger partial charge in [0.25, 0.3) is 0 Å². The van der Waals surface area contributed by atoms with Crippen LogP contribution >= 0.6 is 0 Å². The van der Waals surface area contributed by atoms with Crippen LogP contribution in [0.4, 0.5) is 0 Å². The van der Waals surface area contributed by atoms with Gasteiger partial charge in [0.1, 0.15) is 6.61 Å². The number of carbonyl (C=O) groups excluding carboxylic acids is 2. The number of ether oxygens (including phenoxy) is 2. The highest BCUT2D eigenvalue weighted by molar-refractivity contribution is 5.70. The lowest BCUT2D eigenvalue weighted by molar-refractivity contribution is -0.161. The molecule has 0 rings (SSSR count). The Kier molecular flexibility index (Phi) is 40.6. The Morgan fingerprint density at radius 2 is 0.827 bits per heavy atom. The van der Waals surface area contributed by atoms with Crippen molar-refractivity contribution in [1.82, 2.24) is 0 Å². The molecule has 0 saturated heterocycles. The van der Waals surface area contributed by atoms with E-state index in [1.54, 1.807) is 0 Å². The molecule has 1 N–H and O–H groups in total. The van der Waals surface area contributed by atoms with Crippen molar-refractivity contribution in [3.05, 3.63) is 72.9 Å². The predicted molar refractivity (Wildman–Crippen MR) is 223 cm³/mol. The second-order valence-electron chi connectivity index (χ2n) is 14.0. The molecule has 5 nitrogen and oxygen atoms in total. The van der Waals surface area contributed by atoms with Crippen molar-refractivity contribution in [1.29, 1.82) is 0 Å². The van der Waals surface area contributed by atoms with Crippen molar-refractivity contribution in [2.45, 2.75) is 200 Å². The number of carbonyl (C=O) groups is 2. The predicted octanol–water partition coefficient (Wildman–Crippen LogP) is 13.7. The van der Waals surface area contributed by atoms with Crippen LogP contribution in [-0.2, 0) is 19.1 Å². The lowest BCUT2D eigenvalue weighted by Gasteiger charge is -2.15. The van der Waals surface area contributed by atoms with Crippen LogP contribution in [0.15, 0.2) is 72.9 Å². The molecule has 0 fully saturated rings. The highest BCUT2D eigenvalue weighted by atomic mass is 16.6. The van der Waals surface area contributed by atoms with Gasteiger partial charge in [-0.05, 0) is 51.4 Å². The van der Waals surface area contributed by atoms with Gasteiger partial charge in [0, 0.05) is 12.8 Å². The van der Waals surface area contributed by atoms with Gasteiger partial charge in [-0.2, -0.15) is 0 Å². The number of hydrogen-bond acceptors (Lipinski definition) is 5. The first-order valence-corrected chi connectivity index (χ1v) is 21.5. The van der Waals surface area contributed by atoms with Crippen molar-refractivity contribution in [2.24, 2.45) is 0 Å². The van der Waals surface area contributed by atoms with Crippen LogP contribution < -0.4 is 0 Å². The normalized spacial score (nSPS) is 12.9. The fourth-order valence-corrected chi connectivity index (χ4v) is 5.82. The van der Waals surface area contributed by atoms with E-state index < -0.39 is 12.1 Å². The molecule has 0 aromatic heterocycles. The first-order valence-electron chi connectivity index (χ1n) is 21.5. The first kappa shape index (κ1) is 49.3. The van der Waals surface area contributed by atoms with Crippen LogP contribution in [-0.4, -0.2) is 36.4 Å². The molecule has 1 unspecified atom stereocenters. The van der Waals surface area contributed by atoms with Crippen molar-refractivity contribution >= 4 is 11.9 Å². The summed E-state index contributed by atoms with van der Waals surface area (Å²) in [6.07, 6.45) is 57.0. The fourth-order valence-electron chi connectivity index (χ4n) is 5.82. The molecule has 0 aromatic carbocycles. The van der Waals surface area contributed by atoms with Crippen LogP contribution in [0.3, 0.4) is 0 Å². The Morgan fingerprint density at radius 1 is 0.462 bits per heavy atom. The maximum absolute atomic E-state index is 12.2. The van der Waals surface area contributed by atoms with Crippen LogP contribution in [0.2, 0.25) is 0 Å². The summed E-state index contributed by atoms with van der Waals surface area (Å²) in [6, 6.07) is 0. The molecule has 0 radical (unpaired) electrons. The summed E-state index contributed by atoms with van der Waals surface area (Å²) in [7, 11) is 0. The minimum Gasteiger partial charge on any atom is -0.462 e. The van der Waals surface area contributed by atoms with Crippen LogP contribution in [0.25, 0.3) is 0 Å². The van der Waals surface area contributed by atoms with E-state index >= 15 is 0 Å². The number of aliphatic hydroxyl groups is 1. The summed E-state index contributed by atoms with van der Waals surface area (Å²) in [5, 5.41) is 9.56. The summed E-state index contributed by atoms with van der Waals surface area (Å²) in [5.41, 5.74) is 0. The molecule has 0 aliphatic rings. The third-order valence-electron chi connectivity index (χ3n) is 9.03. The quantitative estimate of drug-likeness (QED) is 0.0390. The Labute approximate surface area is 321 Å². The zero-order valence-corrected chi connectivity index (χ0v) is 33.8. The van der Waals surface area contributed by atoms with Gasteiger partial charge in [0.15, 0.2) is 6.10 Å². The number of hydrogen-bond donors (Lipinski definition) is 1. The molecule has 0 heterocycles. The van der Waals surface area contributed by atoms with Gasteiger partial charge in [0.05, 0.1) is 6.61 Å². The van der Waals surface area contributed by atoms with Gasteiger partial charge in [-0.1, -0.05) is 202 Å². The minimum atomic E-state index is -0.813.